The Bertz CT molecular complexity index is 977. The maximum Gasteiger partial charge on any atom is 0.172 e. The van der Waals surface area contributed by atoms with E-state index >= 15 is 0 Å². The number of furan rings is 1. The second-order valence-corrected chi connectivity index (χ2v) is 5.40. The molecule has 108 valence electrons. The molecule has 0 unspecified atom stereocenters. The van der Waals surface area contributed by atoms with Crippen LogP contribution in [0.1, 0.15) is 0 Å². The predicted molar refractivity (Wildman–Crippen MR) is 88.5 cm³/mol. The number of aromatic nitrogens is 1. The standard InChI is InChI=1S/C18H12ClNO2/c1-21-12-7-8-16-13(9-12)17-18(22-16)14(19)10-15(20-17)11-5-3-2-4-6-11/h2-10H,1H3. The van der Waals surface area contributed by atoms with Crippen LogP contribution in [-0.4, -0.2) is 12.1 Å². The smallest absolute Gasteiger partial charge is 0.172 e. The molecule has 0 saturated carbocycles. The summed E-state index contributed by atoms with van der Waals surface area (Å²) in [5.41, 5.74) is 3.94. The summed E-state index contributed by atoms with van der Waals surface area (Å²) in [6.45, 7) is 0. The summed E-state index contributed by atoms with van der Waals surface area (Å²) >= 11 is 6.39. The van der Waals surface area contributed by atoms with Crippen molar-refractivity contribution >= 4 is 33.7 Å². The number of hydrogen-bond acceptors (Lipinski definition) is 3. The highest BCUT2D eigenvalue weighted by molar-refractivity contribution is 6.35. The largest absolute Gasteiger partial charge is 0.497 e. The van der Waals surface area contributed by atoms with Crippen molar-refractivity contribution in [2.24, 2.45) is 0 Å². The lowest BCUT2D eigenvalue weighted by Crippen LogP contribution is -1.85. The first-order valence-corrected chi connectivity index (χ1v) is 7.26. The van der Waals surface area contributed by atoms with Crippen LogP contribution in [0.15, 0.2) is 59.0 Å². The van der Waals surface area contributed by atoms with E-state index in [0.717, 1.165) is 33.5 Å². The number of nitrogens with zero attached hydrogens (tertiary/aromatic N) is 1. The van der Waals surface area contributed by atoms with Gasteiger partial charge < -0.3 is 9.15 Å². The first-order valence-electron chi connectivity index (χ1n) is 6.88. The fraction of sp³-hybridized carbons (Fsp3) is 0.0556. The van der Waals surface area contributed by atoms with Gasteiger partial charge in [-0.05, 0) is 24.3 Å². The van der Waals surface area contributed by atoms with Gasteiger partial charge in [0.25, 0.3) is 0 Å². The number of benzene rings is 2. The summed E-state index contributed by atoms with van der Waals surface area (Å²) in [6.07, 6.45) is 0. The van der Waals surface area contributed by atoms with Gasteiger partial charge in [0.2, 0.25) is 0 Å². The topological polar surface area (TPSA) is 35.3 Å². The van der Waals surface area contributed by atoms with E-state index in [4.69, 9.17) is 25.7 Å². The molecule has 0 radical (unpaired) electrons. The fourth-order valence-corrected chi connectivity index (χ4v) is 2.79. The van der Waals surface area contributed by atoms with Crippen molar-refractivity contribution in [1.29, 1.82) is 0 Å². The molecule has 3 nitrogen and oxygen atoms in total. The monoisotopic (exact) mass is 309 g/mol. The highest BCUT2D eigenvalue weighted by Gasteiger charge is 2.14. The maximum atomic E-state index is 6.39. The van der Waals surface area contributed by atoms with E-state index < -0.39 is 0 Å². The highest BCUT2D eigenvalue weighted by atomic mass is 35.5. The van der Waals surface area contributed by atoms with Crippen molar-refractivity contribution in [2.45, 2.75) is 0 Å². The van der Waals surface area contributed by atoms with Gasteiger partial charge in [-0.1, -0.05) is 41.9 Å². The number of ether oxygens (including phenoxy) is 1. The van der Waals surface area contributed by atoms with Gasteiger partial charge in [0, 0.05) is 5.56 Å². The second-order valence-electron chi connectivity index (χ2n) is 5.00. The Morgan fingerprint density at radius 2 is 1.86 bits per heavy atom. The molecular weight excluding hydrogens is 298 g/mol. The van der Waals surface area contributed by atoms with E-state index in [-0.39, 0.29) is 0 Å². The Hall–Kier alpha value is -2.52. The van der Waals surface area contributed by atoms with Gasteiger partial charge in [-0.3, -0.25) is 0 Å². The van der Waals surface area contributed by atoms with Crippen molar-refractivity contribution in [1.82, 2.24) is 4.98 Å². The SMILES string of the molecule is COc1ccc2oc3c(Cl)cc(-c4ccccc4)nc3c2c1. The first kappa shape index (κ1) is 13.2. The summed E-state index contributed by atoms with van der Waals surface area (Å²) in [5, 5.41) is 1.45. The van der Waals surface area contributed by atoms with Gasteiger partial charge in [0.05, 0.1) is 23.2 Å². The average Bonchev–Trinajstić information content (AvgIpc) is 2.94. The molecule has 2 aromatic carbocycles. The maximum absolute atomic E-state index is 6.39. The van der Waals surface area contributed by atoms with Crippen LogP contribution in [0.5, 0.6) is 5.75 Å². The van der Waals surface area contributed by atoms with Crippen LogP contribution in [-0.2, 0) is 0 Å². The third-order valence-electron chi connectivity index (χ3n) is 3.65. The Kier molecular flexibility index (Phi) is 3.01. The van der Waals surface area contributed by atoms with Crippen LogP contribution < -0.4 is 4.74 Å². The van der Waals surface area contributed by atoms with E-state index in [0.29, 0.717) is 10.6 Å². The van der Waals surface area contributed by atoms with Crippen molar-refractivity contribution in [3.8, 4) is 17.0 Å². The number of fused-ring (bicyclic) bond motifs is 3. The normalized spacial score (nSPS) is 11.2. The Morgan fingerprint density at radius 1 is 1.05 bits per heavy atom. The molecule has 2 aromatic heterocycles. The molecule has 4 heteroatoms. The van der Waals surface area contributed by atoms with Gasteiger partial charge in [-0.2, -0.15) is 0 Å². The molecule has 0 aliphatic carbocycles. The van der Waals surface area contributed by atoms with Gasteiger partial charge in [-0.25, -0.2) is 4.98 Å². The molecule has 0 N–H and O–H groups in total. The van der Waals surface area contributed by atoms with Gasteiger partial charge in [0.1, 0.15) is 16.8 Å². The summed E-state index contributed by atoms with van der Waals surface area (Å²) in [5.74, 6) is 0.762. The lowest BCUT2D eigenvalue weighted by Gasteiger charge is -2.02. The number of pyridine rings is 1. The summed E-state index contributed by atoms with van der Waals surface area (Å²) in [4.78, 5) is 4.74. The lowest BCUT2D eigenvalue weighted by atomic mass is 10.1. The van der Waals surface area contributed by atoms with Crippen LogP contribution in [0, 0.1) is 0 Å². The average molecular weight is 310 g/mol. The van der Waals surface area contributed by atoms with Crippen LogP contribution in [0.2, 0.25) is 5.02 Å². The highest BCUT2D eigenvalue weighted by Crippen LogP contribution is 2.36. The predicted octanol–water partition coefficient (Wildman–Crippen LogP) is 5.31. The van der Waals surface area contributed by atoms with Gasteiger partial charge >= 0.3 is 0 Å². The lowest BCUT2D eigenvalue weighted by molar-refractivity contribution is 0.415. The van der Waals surface area contributed by atoms with Gasteiger partial charge in [0.15, 0.2) is 5.58 Å². The molecule has 0 fully saturated rings. The molecule has 0 aliphatic heterocycles. The van der Waals surface area contributed by atoms with E-state index in [1.54, 1.807) is 7.11 Å². The number of halogens is 1. The number of hydrogen-bond donors (Lipinski definition) is 0. The first-order chi connectivity index (χ1) is 10.8. The second kappa shape index (κ2) is 5.04. The summed E-state index contributed by atoms with van der Waals surface area (Å²) in [6, 6.07) is 17.4. The Labute approximate surface area is 132 Å². The molecule has 0 aliphatic rings. The third kappa shape index (κ3) is 2.02. The van der Waals surface area contributed by atoms with Crippen molar-refractivity contribution < 1.29 is 9.15 Å². The van der Waals surface area contributed by atoms with Crippen LogP contribution in [0.25, 0.3) is 33.3 Å². The van der Waals surface area contributed by atoms with Gasteiger partial charge in [-0.15, -0.1) is 0 Å². The molecule has 0 saturated heterocycles. The quantitative estimate of drug-likeness (QED) is 0.503. The third-order valence-corrected chi connectivity index (χ3v) is 3.93. The number of methoxy groups -OCH3 is 1. The molecule has 4 rings (SSSR count). The van der Waals surface area contributed by atoms with Crippen LogP contribution in [0.4, 0.5) is 0 Å². The zero-order valence-corrected chi connectivity index (χ0v) is 12.6. The Morgan fingerprint density at radius 3 is 2.64 bits per heavy atom. The minimum Gasteiger partial charge on any atom is -0.497 e. The molecule has 0 spiro atoms. The van der Waals surface area contributed by atoms with Crippen LogP contribution >= 0.6 is 11.6 Å². The summed E-state index contributed by atoms with van der Waals surface area (Å²) < 4.78 is 11.1. The molecule has 0 bridgehead atoms. The fourth-order valence-electron chi connectivity index (χ4n) is 2.56. The molecule has 22 heavy (non-hydrogen) atoms. The minimum atomic E-state index is 0.555. The number of rotatable bonds is 2. The molecule has 2 heterocycles. The molecule has 4 aromatic rings. The van der Waals surface area contributed by atoms with E-state index in [1.807, 2.05) is 54.6 Å². The Balaban J connectivity index is 2.05. The van der Waals surface area contributed by atoms with Crippen molar-refractivity contribution in [3.05, 3.63) is 59.6 Å². The zero-order valence-electron chi connectivity index (χ0n) is 11.8. The van der Waals surface area contributed by atoms with E-state index in [1.165, 1.54) is 0 Å². The van der Waals surface area contributed by atoms with E-state index in [2.05, 4.69) is 0 Å². The zero-order chi connectivity index (χ0) is 15.1. The van der Waals surface area contributed by atoms with Crippen molar-refractivity contribution in [2.75, 3.05) is 7.11 Å². The van der Waals surface area contributed by atoms with Crippen LogP contribution in [0.3, 0.4) is 0 Å². The minimum absolute atomic E-state index is 0.555. The van der Waals surface area contributed by atoms with Crippen molar-refractivity contribution in [3.63, 3.8) is 0 Å². The van der Waals surface area contributed by atoms with E-state index in [9.17, 15) is 0 Å². The molecule has 0 amide bonds. The molecule has 0 atom stereocenters. The summed E-state index contributed by atoms with van der Waals surface area (Å²) in [7, 11) is 1.64. The molecular formula is C18H12ClNO2.